The summed E-state index contributed by atoms with van der Waals surface area (Å²) in [7, 11) is 0. The van der Waals surface area contributed by atoms with Crippen LogP contribution in [0.15, 0.2) is 24.8 Å². The molecule has 0 bridgehead atoms. The Labute approximate surface area is 102 Å². The first-order valence-corrected chi connectivity index (χ1v) is 6.12. The van der Waals surface area contributed by atoms with Crippen LogP contribution in [0.2, 0.25) is 0 Å². The van der Waals surface area contributed by atoms with Crippen LogP contribution in [0.3, 0.4) is 0 Å². The van der Waals surface area contributed by atoms with E-state index in [9.17, 15) is 0 Å². The lowest BCUT2D eigenvalue weighted by atomic mass is 9.83. The first-order valence-electron chi connectivity index (χ1n) is 6.12. The van der Waals surface area contributed by atoms with E-state index in [4.69, 9.17) is 0 Å². The number of aromatic nitrogens is 4. The Hall–Kier alpha value is -1.58. The summed E-state index contributed by atoms with van der Waals surface area (Å²) in [4.78, 5) is 0. The predicted octanol–water partition coefficient (Wildman–Crippen LogP) is 2.54. The van der Waals surface area contributed by atoms with E-state index < -0.39 is 0 Å². The third kappa shape index (κ3) is 2.75. The monoisotopic (exact) mass is 232 g/mol. The van der Waals surface area contributed by atoms with Crippen molar-refractivity contribution in [2.24, 2.45) is 0 Å². The summed E-state index contributed by atoms with van der Waals surface area (Å²) in [5.41, 5.74) is 2.68. The van der Waals surface area contributed by atoms with Gasteiger partial charge in [0.2, 0.25) is 0 Å². The Kier molecular flexibility index (Phi) is 3.31. The Morgan fingerprint density at radius 2 is 2.18 bits per heavy atom. The van der Waals surface area contributed by atoms with Gasteiger partial charge in [-0.15, -0.1) is 0 Å². The molecule has 0 spiro atoms. The molecule has 2 rings (SSSR count). The van der Waals surface area contributed by atoms with Crippen LogP contribution in [0.25, 0.3) is 0 Å². The van der Waals surface area contributed by atoms with Gasteiger partial charge in [0.1, 0.15) is 0 Å². The third-order valence-corrected chi connectivity index (χ3v) is 3.34. The Morgan fingerprint density at radius 1 is 1.35 bits per heavy atom. The molecule has 4 heteroatoms. The zero-order valence-electron chi connectivity index (χ0n) is 10.8. The molecule has 0 unspecified atom stereocenters. The second-order valence-electron chi connectivity index (χ2n) is 5.09. The van der Waals surface area contributed by atoms with Crippen molar-refractivity contribution in [1.82, 2.24) is 20.0 Å². The topological polar surface area (TPSA) is 46.5 Å². The van der Waals surface area contributed by atoms with Crippen LogP contribution in [0.5, 0.6) is 0 Å². The maximum absolute atomic E-state index is 4.36. The first kappa shape index (κ1) is 11.9. The number of aryl methyl sites for hydroxylation is 2. The summed E-state index contributed by atoms with van der Waals surface area (Å²) in [5, 5.41) is 11.3. The predicted molar refractivity (Wildman–Crippen MR) is 67.8 cm³/mol. The van der Waals surface area contributed by atoms with Crippen molar-refractivity contribution in [3.05, 3.63) is 35.9 Å². The summed E-state index contributed by atoms with van der Waals surface area (Å²) in [6.45, 7) is 7.57. The van der Waals surface area contributed by atoms with Crippen LogP contribution in [0.1, 0.15) is 38.3 Å². The molecular formula is C13H20N4. The van der Waals surface area contributed by atoms with Crippen LogP contribution in [-0.2, 0) is 18.4 Å². The van der Waals surface area contributed by atoms with E-state index in [0.717, 1.165) is 19.4 Å². The van der Waals surface area contributed by atoms with Crippen LogP contribution < -0.4 is 0 Å². The van der Waals surface area contributed by atoms with Gasteiger partial charge < -0.3 is 0 Å². The Morgan fingerprint density at radius 3 is 2.76 bits per heavy atom. The SMILES string of the molecule is CCc1cnn(CCC(C)(C)c2cn[nH]c2)c1. The lowest BCUT2D eigenvalue weighted by Gasteiger charge is -2.22. The highest BCUT2D eigenvalue weighted by molar-refractivity contribution is 5.15. The molecule has 4 nitrogen and oxygen atoms in total. The molecule has 1 N–H and O–H groups in total. The largest absolute Gasteiger partial charge is 0.285 e. The number of aromatic amines is 1. The molecule has 2 heterocycles. The molecule has 0 aliphatic rings. The van der Waals surface area contributed by atoms with Gasteiger partial charge in [0, 0.05) is 18.9 Å². The quantitative estimate of drug-likeness (QED) is 0.861. The van der Waals surface area contributed by atoms with Crippen molar-refractivity contribution in [1.29, 1.82) is 0 Å². The molecule has 2 aromatic heterocycles. The van der Waals surface area contributed by atoms with Gasteiger partial charge >= 0.3 is 0 Å². The van der Waals surface area contributed by atoms with Crippen LogP contribution in [-0.4, -0.2) is 20.0 Å². The molecule has 2 aromatic rings. The molecular weight excluding hydrogens is 212 g/mol. The van der Waals surface area contributed by atoms with Crippen LogP contribution in [0.4, 0.5) is 0 Å². The number of H-pyrrole nitrogens is 1. The molecule has 17 heavy (non-hydrogen) atoms. The van der Waals surface area contributed by atoms with Gasteiger partial charge in [-0.05, 0) is 29.4 Å². The van der Waals surface area contributed by atoms with E-state index in [1.165, 1.54) is 11.1 Å². The smallest absolute Gasteiger partial charge is 0.0524 e. The molecule has 0 aliphatic heterocycles. The fraction of sp³-hybridized carbons (Fsp3) is 0.538. The standard InChI is InChI=1S/C13H20N4/c1-4-11-7-16-17(10-11)6-5-13(2,3)12-8-14-15-9-12/h7-10H,4-6H2,1-3H3,(H,14,15). The fourth-order valence-corrected chi connectivity index (χ4v) is 1.87. The van der Waals surface area contributed by atoms with Gasteiger partial charge in [-0.1, -0.05) is 20.8 Å². The highest BCUT2D eigenvalue weighted by Gasteiger charge is 2.21. The van der Waals surface area contributed by atoms with E-state index in [1.54, 1.807) is 0 Å². The summed E-state index contributed by atoms with van der Waals surface area (Å²) in [6.07, 6.45) is 10.1. The maximum atomic E-state index is 4.36. The summed E-state index contributed by atoms with van der Waals surface area (Å²) in [5.74, 6) is 0. The number of nitrogens with zero attached hydrogens (tertiary/aromatic N) is 3. The molecule has 0 aromatic carbocycles. The van der Waals surface area contributed by atoms with E-state index in [0.29, 0.717) is 0 Å². The zero-order chi connectivity index (χ0) is 12.3. The molecule has 92 valence electrons. The van der Waals surface area contributed by atoms with E-state index in [-0.39, 0.29) is 5.41 Å². The lowest BCUT2D eigenvalue weighted by molar-refractivity contribution is 0.421. The van der Waals surface area contributed by atoms with E-state index >= 15 is 0 Å². The van der Waals surface area contributed by atoms with Crippen molar-refractivity contribution in [2.75, 3.05) is 0 Å². The minimum atomic E-state index is 0.130. The summed E-state index contributed by atoms with van der Waals surface area (Å²) >= 11 is 0. The van der Waals surface area contributed by atoms with Gasteiger partial charge in [-0.3, -0.25) is 9.78 Å². The van der Waals surface area contributed by atoms with Crippen molar-refractivity contribution < 1.29 is 0 Å². The molecule has 0 aliphatic carbocycles. The Bertz CT molecular complexity index is 453. The number of hydrogen-bond donors (Lipinski definition) is 1. The van der Waals surface area contributed by atoms with Gasteiger partial charge in [0.25, 0.3) is 0 Å². The summed E-state index contributed by atoms with van der Waals surface area (Å²) in [6, 6.07) is 0. The third-order valence-electron chi connectivity index (χ3n) is 3.34. The lowest BCUT2D eigenvalue weighted by Crippen LogP contribution is -2.19. The molecule has 0 fully saturated rings. The minimum absolute atomic E-state index is 0.130. The average molecular weight is 232 g/mol. The molecule has 0 amide bonds. The van der Waals surface area contributed by atoms with E-state index in [2.05, 4.69) is 42.3 Å². The minimum Gasteiger partial charge on any atom is -0.285 e. The number of hydrogen-bond acceptors (Lipinski definition) is 2. The van der Waals surface area contributed by atoms with Crippen molar-refractivity contribution in [3.63, 3.8) is 0 Å². The molecule has 0 radical (unpaired) electrons. The van der Waals surface area contributed by atoms with Crippen LogP contribution in [0, 0.1) is 0 Å². The van der Waals surface area contributed by atoms with Crippen molar-refractivity contribution >= 4 is 0 Å². The van der Waals surface area contributed by atoms with Gasteiger partial charge in [0.15, 0.2) is 0 Å². The highest BCUT2D eigenvalue weighted by Crippen LogP contribution is 2.26. The Balaban J connectivity index is 1.97. The highest BCUT2D eigenvalue weighted by atomic mass is 15.3. The second-order valence-corrected chi connectivity index (χ2v) is 5.09. The second kappa shape index (κ2) is 4.73. The van der Waals surface area contributed by atoms with Crippen molar-refractivity contribution in [3.8, 4) is 0 Å². The zero-order valence-corrected chi connectivity index (χ0v) is 10.8. The van der Waals surface area contributed by atoms with E-state index in [1.807, 2.05) is 23.3 Å². The maximum Gasteiger partial charge on any atom is 0.0524 e. The summed E-state index contributed by atoms with van der Waals surface area (Å²) < 4.78 is 2.03. The van der Waals surface area contributed by atoms with Crippen LogP contribution >= 0.6 is 0 Å². The normalized spacial score (nSPS) is 11.9. The first-order chi connectivity index (χ1) is 8.12. The fourth-order valence-electron chi connectivity index (χ4n) is 1.87. The van der Waals surface area contributed by atoms with Gasteiger partial charge in [-0.25, -0.2) is 0 Å². The molecule has 0 saturated heterocycles. The number of nitrogens with one attached hydrogen (secondary N) is 1. The molecule has 0 atom stereocenters. The molecule has 0 saturated carbocycles. The average Bonchev–Trinajstić information content (AvgIpc) is 2.98. The number of rotatable bonds is 5. The van der Waals surface area contributed by atoms with Crippen molar-refractivity contribution in [2.45, 2.75) is 45.6 Å². The van der Waals surface area contributed by atoms with Gasteiger partial charge in [0.05, 0.1) is 12.4 Å². The van der Waals surface area contributed by atoms with Gasteiger partial charge in [-0.2, -0.15) is 10.2 Å².